The summed E-state index contributed by atoms with van der Waals surface area (Å²) in [5.74, 6) is 0. The molecule has 0 atom stereocenters. The summed E-state index contributed by atoms with van der Waals surface area (Å²) >= 11 is 0. The van der Waals surface area contributed by atoms with Crippen molar-refractivity contribution < 1.29 is 4.42 Å². The molecule has 0 spiro atoms. The van der Waals surface area contributed by atoms with Crippen LogP contribution in [0.25, 0.3) is 182 Å². The Morgan fingerprint density at radius 3 is 1.04 bits per heavy atom. The van der Waals surface area contributed by atoms with Gasteiger partial charge in [0.1, 0.15) is 11.2 Å². The van der Waals surface area contributed by atoms with Gasteiger partial charge in [0.15, 0.2) is 8.07 Å². The molecule has 18 aromatic carbocycles. The molecule has 20 aromatic rings. The largest absolute Gasteiger partial charge is 0.456 e. The zero-order chi connectivity index (χ0) is 67.7. The van der Waals surface area contributed by atoms with Gasteiger partial charge < -0.3 is 8.98 Å². The quantitative estimate of drug-likeness (QED) is 0.0986. The fourth-order valence-corrected chi connectivity index (χ4v) is 22.6. The van der Waals surface area contributed by atoms with Crippen LogP contribution in [-0.4, -0.2) is 12.6 Å². The Hall–Kier alpha value is -13.2. The van der Waals surface area contributed by atoms with Gasteiger partial charge in [-0.05, 0) is 220 Å². The van der Waals surface area contributed by atoms with Crippen LogP contribution in [-0.2, 0) is 0 Å². The Balaban J connectivity index is 0.682. The van der Waals surface area contributed by atoms with Gasteiger partial charge in [-0.15, -0.1) is 0 Å². The summed E-state index contributed by atoms with van der Waals surface area (Å²) in [5, 5.41) is 20.4. The van der Waals surface area contributed by atoms with Crippen LogP contribution in [0.15, 0.2) is 387 Å². The summed E-state index contributed by atoms with van der Waals surface area (Å²) in [4.78, 5) is 0. The molecule has 0 fully saturated rings. The van der Waals surface area contributed by atoms with Crippen LogP contribution < -0.4 is 20.7 Å². The topological polar surface area (TPSA) is 18.1 Å². The van der Waals surface area contributed by atoms with Gasteiger partial charge in [0.05, 0.1) is 11.0 Å². The van der Waals surface area contributed by atoms with Crippen LogP contribution in [0.1, 0.15) is 0 Å². The molecule has 0 bridgehead atoms. The van der Waals surface area contributed by atoms with Gasteiger partial charge >= 0.3 is 0 Å². The van der Waals surface area contributed by atoms with Gasteiger partial charge in [0, 0.05) is 27.2 Å². The van der Waals surface area contributed by atoms with Crippen LogP contribution in [0.2, 0.25) is 0 Å². The van der Waals surface area contributed by atoms with Gasteiger partial charge in [-0.3, -0.25) is 0 Å². The summed E-state index contributed by atoms with van der Waals surface area (Å²) < 4.78 is 8.89. The van der Waals surface area contributed by atoms with Crippen LogP contribution in [0.4, 0.5) is 0 Å². The maximum Gasteiger partial charge on any atom is 0.180 e. The fourth-order valence-electron chi connectivity index (χ4n) is 17.3. The lowest BCUT2D eigenvalue weighted by Gasteiger charge is -2.32. The smallest absolute Gasteiger partial charge is 0.180 e. The van der Waals surface area contributed by atoms with Crippen molar-refractivity contribution in [1.29, 1.82) is 0 Å². The number of para-hydroxylation sites is 1. The van der Waals surface area contributed by atoms with E-state index in [1.54, 1.807) is 0 Å². The summed E-state index contributed by atoms with van der Waals surface area (Å²) in [7, 11) is -3.03. The highest BCUT2D eigenvalue weighted by Crippen LogP contribution is 2.43. The number of fused-ring (bicyclic) bond motifs is 15. The number of rotatable bonds is 10. The van der Waals surface area contributed by atoms with Gasteiger partial charge in [0.2, 0.25) is 0 Å². The van der Waals surface area contributed by atoms with Crippen LogP contribution in [0.3, 0.4) is 0 Å². The van der Waals surface area contributed by atoms with Crippen LogP contribution in [0, 0.1) is 0 Å². The van der Waals surface area contributed by atoms with Crippen molar-refractivity contribution in [3.05, 3.63) is 382 Å². The zero-order valence-corrected chi connectivity index (χ0v) is 57.2. The molecule has 2 aromatic heterocycles. The molecular formula is C100H63NOSi. The van der Waals surface area contributed by atoms with Crippen LogP contribution >= 0.6 is 0 Å². The minimum atomic E-state index is -3.03. The predicted molar refractivity (Wildman–Crippen MR) is 439 cm³/mol. The first-order chi connectivity index (χ1) is 51.0. The monoisotopic (exact) mass is 1320 g/mol. The van der Waals surface area contributed by atoms with Crippen molar-refractivity contribution >= 4 is 116 Å². The molecule has 0 saturated heterocycles. The number of hydrogen-bond donors (Lipinski definition) is 0. The standard InChI is InChI=1S/C100H63NOSi/c1-3-19-79(20-4-1)103(80-21-5-2-6-22-80)99-62-75(74-50-56-98-94(59-74)87-29-15-16-30-97(87)102-98)47-52-88(99)89-53-51-78(63-100(89)103)101-95-54-48-72(68-35-31-64(32-36-68)66-39-43-70(44-40-66)90-60-76-17-7-9-23-81(76)83-25-11-13-27-85(83)90)57-92(95)93-58-73(49-55-96(93)101)69-37-33-65(34-38-69)67-41-45-71(46-42-67)91-61-77-18-8-10-24-82(77)84-26-12-14-28-86(84)91/h1-63H. The molecule has 1 aliphatic rings. The molecule has 0 aliphatic carbocycles. The Bertz CT molecular complexity index is 6500. The molecule has 0 N–H and O–H groups in total. The third-order valence-electron chi connectivity index (χ3n) is 22.3. The van der Waals surface area contributed by atoms with E-state index in [0.717, 1.165) is 38.7 Å². The molecule has 2 nitrogen and oxygen atoms in total. The second-order valence-corrected chi connectivity index (χ2v) is 31.5. The molecule has 0 saturated carbocycles. The molecule has 1 aliphatic heterocycles. The molecule has 21 rings (SSSR count). The lowest BCUT2D eigenvalue weighted by molar-refractivity contribution is 0.669. The molecule has 3 heterocycles. The van der Waals surface area contributed by atoms with E-state index in [1.807, 2.05) is 6.07 Å². The van der Waals surface area contributed by atoms with E-state index in [0.29, 0.717) is 0 Å². The lowest BCUT2D eigenvalue weighted by atomic mass is 9.92. The minimum Gasteiger partial charge on any atom is -0.456 e. The van der Waals surface area contributed by atoms with E-state index in [2.05, 4.69) is 381 Å². The van der Waals surface area contributed by atoms with E-state index in [9.17, 15) is 0 Å². The Morgan fingerprint density at radius 2 is 0.534 bits per heavy atom. The number of furan rings is 1. The van der Waals surface area contributed by atoms with Gasteiger partial charge in [0.25, 0.3) is 0 Å². The van der Waals surface area contributed by atoms with Gasteiger partial charge in [-0.1, -0.05) is 315 Å². The minimum absolute atomic E-state index is 0.902. The van der Waals surface area contributed by atoms with E-state index in [4.69, 9.17) is 4.42 Å². The lowest BCUT2D eigenvalue weighted by Crippen LogP contribution is -2.72. The molecule has 103 heavy (non-hydrogen) atoms. The Labute approximate surface area is 597 Å². The first kappa shape index (κ1) is 58.8. The molecule has 478 valence electrons. The van der Waals surface area contributed by atoms with Crippen molar-refractivity contribution in [3.8, 4) is 94.7 Å². The van der Waals surface area contributed by atoms with Crippen molar-refractivity contribution in [1.82, 2.24) is 4.57 Å². The van der Waals surface area contributed by atoms with Crippen molar-refractivity contribution in [2.24, 2.45) is 0 Å². The SMILES string of the molecule is c1ccc([Si]2(c3ccccc3)c3cc(-c4ccc5oc6ccccc6c5c4)ccc3-c3ccc(-n4c5ccc(-c6ccc(-c7ccc(-c8cc9ccccc9c9ccccc89)cc7)cc6)cc5c5cc(-c6ccc(-c7ccc(-c8cc9ccccc9c9ccccc89)cc7)cc6)ccc54)cc32)cc1. The third kappa shape index (κ3) is 9.40. The highest BCUT2D eigenvalue weighted by molar-refractivity contribution is 7.22. The number of benzene rings is 18. The molecule has 3 heteroatoms. The average molecular weight is 1320 g/mol. The fraction of sp³-hybridized carbons (Fsp3) is 0. The van der Waals surface area contributed by atoms with Crippen molar-refractivity contribution in [2.45, 2.75) is 0 Å². The summed E-state index contributed by atoms with van der Waals surface area (Å²) in [6.07, 6.45) is 0. The van der Waals surface area contributed by atoms with E-state index in [-0.39, 0.29) is 0 Å². The number of hydrogen-bond acceptors (Lipinski definition) is 1. The maximum atomic E-state index is 6.35. The van der Waals surface area contributed by atoms with Crippen molar-refractivity contribution in [2.75, 3.05) is 0 Å². The van der Waals surface area contributed by atoms with E-state index in [1.165, 1.54) is 164 Å². The highest BCUT2D eigenvalue weighted by Gasteiger charge is 2.49. The van der Waals surface area contributed by atoms with E-state index >= 15 is 0 Å². The number of nitrogens with zero attached hydrogens (tertiary/aromatic N) is 1. The third-order valence-corrected chi connectivity index (χ3v) is 27.1. The number of aromatic nitrogens is 1. The molecular weight excluding hydrogens is 1260 g/mol. The summed E-state index contributed by atoms with van der Waals surface area (Å²) in [6, 6.07) is 143. The van der Waals surface area contributed by atoms with Crippen molar-refractivity contribution in [3.63, 3.8) is 0 Å². The summed E-state index contributed by atoms with van der Waals surface area (Å²) in [6.45, 7) is 0. The molecule has 0 amide bonds. The second kappa shape index (κ2) is 23.5. The highest BCUT2D eigenvalue weighted by atomic mass is 28.3. The zero-order valence-electron chi connectivity index (χ0n) is 56.2. The van der Waals surface area contributed by atoms with Gasteiger partial charge in [-0.25, -0.2) is 0 Å². The summed E-state index contributed by atoms with van der Waals surface area (Å²) in [5.41, 5.74) is 24.6. The van der Waals surface area contributed by atoms with E-state index < -0.39 is 8.07 Å². The van der Waals surface area contributed by atoms with Crippen LogP contribution in [0.5, 0.6) is 0 Å². The normalized spacial score (nSPS) is 12.5. The molecule has 0 radical (unpaired) electrons. The average Bonchev–Trinajstić information content (AvgIpc) is 1.54. The molecule has 0 unspecified atom stereocenters. The second-order valence-electron chi connectivity index (χ2n) is 27.8. The first-order valence-corrected chi connectivity index (χ1v) is 37.7. The van der Waals surface area contributed by atoms with Gasteiger partial charge in [-0.2, -0.15) is 0 Å². The first-order valence-electron chi connectivity index (χ1n) is 35.7. The maximum absolute atomic E-state index is 6.35. The predicted octanol–water partition coefficient (Wildman–Crippen LogP) is 24.3. The Kier molecular flexibility index (Phi) is 13.4. The Morgan fingerprint density at radius 1 is 0.194 bits per heavy atom.